The van der Waals surface area contributed by atoms with Gasteiger partial charge in [0, 0.05) is 6.54 Å². The molecule has 0 aliphatic heterocycles. The predicted molar refractivity (Wildman–Crippen MR) is 59.7 cm³/mol. The number of benzene rings is 2. The maximum Gasteiger partial charge on any atom is 0.123 e. The Morgan fingerprint density at radius 3 is 2.27 bits per heavy atom. The molecule has 0 saturated carbocycles. The zero-order valence-corrected chi connectivity index (χ0v) is 8.28. The van der Waals surface area contributed by atoms with Crippen LogP contribution in [0, 0.1) is 5.82 Å². The van der Waals surface area contributed by atoms with E-state index in [4.69, 9.17) is 5.73 Å². The summed E-state index contributed by atoms with van der Waals surface area (Å²) in [6.45, 7) is 0.531. The fourth-order valence-electron chi connectivity index (χ4n) is 1.50. The van der Waals surface area contributed by atoms with Gasteiger partial charge in [0.2, 0.25) is 0 Å². The zero-order valence-electron chi connectivity index (χ0n) is 8.28. The van der Waals surface area contributed by atoms with Crippen LogP contribution in [-0.2, 0) is 6.54 Å². The van der Waals surface area contributed by atoms with E-state index < -0.39 is 0 Å². The second-order valence-electron chi connectivity index (χ2n) is 3.41. The topological polar surface area (TPSA) is 26.0 Å². The number of halogens is 1. The van der Waals surface area contributed by atoms with Crippen molar-refractivity contribution in [3.63, 3.8) is 0 Å². The summed E-state index contributed by atoms with van der Waals surface area (Å²) in [5, 5.41) is 0. The van der Waals surface area contributed by atoms with E-state index in [1.165, 1.54) is 12.1 Å². The van der Waals surface area contributed by atoms with Gasteiger partial charge in [-0.3, -0.25) is 0 Å². The lowest BCUT2D eigenvalue weighted by Crippen LogP contribution is -1.95. The number of rotatable bonds is 2. The van der Waals surface area contributed by atoms with E-state index in [-0.39, 0.29) is 5.82 Å². The highest BCUT2D eigenvalue weighted by atomic mass is 19.1. The van der Waals surface area contributed by atoms with E-state index in [1.807, 2.05) is 30.3 Å². The molecule has 2 rings (SSSR count). The summed E-state index contributed by atoms with van der Waals surface area (Å²) in [4.78, 5) is 0. The lowest BCUT2D eigenvalue weighted by Gasteiger charge is -2.02. The third-order valence-corrected chi connectivity index (χ3v) is 2.35. The zero-order chi connectivity index (χ0) is 10.7. The maximum atomic E-state index is 13.0. The molecule has 0 aromatic heterocycles. The molecule has 0 radical (unpaired) electrons. The van der Waals surface area contributed by atoms with Crippen LogP contribution in [0.1, 0.15) is 5.56 Å². The lowest BCUT2D eigenvalue weighted by molar-refractivity contribution is 0.628. The first-order chi connectivity index (χ1) is 7.29. The van der Waals surface area contributed by atoms with Crippen molar-refractivity contribution in [1.29, 1.82) is 0 Å². The van der Waals surface area contributed by atoms with Crippen LogP contribution in [0.2, 0.25) is 0 Å². The van der Waals surface area contributed by atoms with Crippen LogP contribution in [0.25, 0.3) is 11.1 Å². The van der Waals surface area contributed by atoms with Gasteiger partial charge in [-0.15, -0.1) is 0 Å². The summed E-state index contributed by atoms with van der Waals surface area (Å²) >= 11 is 0. The van der Waals surface area contributed by atoms with Gasteiger partial charge >= 0.3 is 0 Å². The minimum Gasteiger partial charge on any atom is -0.326 e. The molecule has 0 aliphatic carbocycles. The number of nitrogens with two attached hydrogens (primary N) is 1. The van der Waals surface area contributed by atoms with Crippen LogP contribution in [0.4, 0.5) is 4.39 Å². The Hall–Kier alpha value is -1.67. The summed E-state index contributed by atoms with van der Waals surface area (Å²) in [5.74, 6) is -0.213. The second-order valence-corrected chi connectivity index (χ2v) is 3.41. The number of hydrogen-bond donors (Lipinski definition) is 1. The first-order valence-corrected chi connectivity index (χ1v) is 4.84. The van der Waals surface area contributed by atoms with Gasteiger partial charge in [0.05, 0.1) is 0 Å². The highest BCUT2D eigenvalue weighted by Crippen LogP contribution is 2.20. The first-order valence-electron chi connectivity index (χ1n) is 4.84. The Morgan fingerprint density at radius 1 is 0.933 bits per heavy atom. The predicted octanol–water partition coefficient (Wildman–Crippen LogP) is 2.95. The molecule has 1 nitrogen and oxygen atoms in total. The largest absolute Gasteiger partial charge is 0.326 e. The van der Waals surface area contributed by atoms with Crippen molar-refractivity contribution < 1.29 is 4.39 Å². The molecule has 0 bridgehead atoms. The maximum absolute atomic E-state index is 13.0. The SMILES string of the molecule is NCc1ccc(-c2cccc(F)c2)cc1. The average molecular weight is 201 g/mol. The molecule has 0 saturated heterocycles. The van der Waals surface area contributed by atoms with E-state index in [2.05, 4.69) is 0 Å². The van der Waals surface area contributed by atoms with Gasteiger partial charge in [0.25, 0.3) is 0 Å². The van der Waals surface area contributed by atoms with Gasteiger partial charge in [-0.1, -0.05) is 36.4 Å². The Balaban J connectivity index is 2.37. The fraction of sp³-hybridized carbons (Fsp3) is 0.0769. The standard InChI is InChI=1S/C13H12FN/c14-13-3-1-2-12(8-13)11-6-4-10(9-15)5-7-11/h1-8H,9,15H2. The molecule has 15 heavy (non-hydrogen) atoms. The molecule has 0 atom stereocenters. The molecule has 0 unspecified atom stereocenters. The molecule has 0 aliphatic rings. The fourth-order valence-corrected chi connectivity index (χ4v) is 1.50. The normalized spacial score (nSPS) is 10.3. The van der Waals surface area contributed by atoms with Crippen LogP contribution < -0.4 is 5.73 Å². The minimum absolute atomic E-state index is 0.213. The second kappa shape index (κ2) is 4.24. The molecular formula is C13H12FN. The third kappa shape index (κ3) is 2.22. The van der Waals surface area contributed by atoms with Crippen molar-refractivity contribution in [2.45, 2.75) is 6.54 Å². The van der Waals surface area contributed by atoms with Crippen molar-refractivity contribution in [3.8, 4) is 11.1 Å². The van der Waals surface area contributed by atoms with Crippen LogP contribution in [0.5, 0.6) is 0 Å². The van der Waals surface area contributed by atoms with Crippen molar-refractivity contribution in [2.75, 3.05) is 0 Å². The summed E-state index contributed by atoms with van der Waals surface area (Å²) in [6.07, 6.45) is 0. The Labute approximate surface area is 88.4 Å². The minimum atomic E-state index is -0.213. The van der Waals surface area contributed by atoms with Crippen molar-refractivity contribution >= 4 is 0 Å². The van der Waals surface area contributed by atoms with Crippen LogP contribution in [0.15, 0.2) is 48.5 Å². The molecule has 2 heteroatoms. The van der Waals surface area contributed by atoms with E-state index in [9.17, 15) is 4.39 Å². The van der Waals surface area contributed by atoms with Crippen LogP contribution in [0.3, 0.4) is 0 Å². The van der Waals surface area contributed by atoms with E-state index in [0.717, 1.165) is 16.7 Å². The Morgan fingerprint density at radius 2 is 1.67 bits per heavy atom. The Bertz CT molecular complexity index is 448. The average Bonchev–Trinajstić information content (AvgIpc) is 2.29. The molecule has 2 aromatic carbocycles. The highest BCUT2D eigenvalue weighted by molar-refractivity contribution is 5.63. The first kappa shape index (κ1) is 9.87. The lowest BCUT2D eigenvalue weighted by atomic mass is 10.0. The van der Waals surface area contributed by atoms with E-state index in [0.29, 0.717) is 6.54 Å². The van der Waals surface area contributed by atoms with Crippen LogP contribution >= 0.6 is 0 Å². The van der Waals surface area contributed by atoms with Crippen LogP contribution in [-0.4, -0.2) is 0 Å². The molecule has 0 spiro atoms. The molecule has 2 N–H and O–H groups in total. The molecular weight excluding hydrogens is 189 g/mol. The quantitative estimate of drug-likeness (QED) is 0.794. The van der Waals surface area contributed by atoms with Gasteiger partial charge in [-0.2, -0.15) is 0 Å². The summed E-state index contributed by atoms with van der Waals surface area (Å²) < 4.78 is 13.0. The smallest absolute Gasteiger partial charge is 0.123 e. The third-order valence-electron chi connectivity index (χ3n) is 2.35. The van der Waals surface area contributed by atoms with Crippen molar-refractivity contribution in [2.24, 2.45) is 5.73 Å². The summed E-state index contributed by atoms with van der Waals surface area (Å²) in [5.41, 5.74) is 8.48. The van der Waals surface area contributed by atoms with Gasteiger partial charge < -0.3 is 5.73 Å². The summed E-state index contributed by atoms with van der Waals surface area (Å²) in [6, 6.07) is 14.4. The van der Waals surface area contributed by atoms with Crippen molar-refractivity contribution in [1.82, 2.24) is 0 Å². The molecule has 0 fully saturated rings. The van der Waals surface area contributed by atoms with Crippen molar-refractivity contribution in [3.05, 3.63) is 59.9 Å². The van der Waals surface area contributed by atoms with E-state index in [1.54, 1.807) is 6.07 Å². The molecule has 0 amide bonds. The highest BCUT2D eigenvalue weighted by Gasteiger charge is 1.98. The van der Waals surface area contributed by atoms with Gasteiger partial charge in [-0.25, -0.2) is 4.39 Å². The van der Waals surface area contributed by atoms with Gasteiger partial charge in [-0.05, 0) is 28.8 Å². The molecule has 2 aromatic rings. The van der Waals surface area contributed by atoms with Gasteiger partial charge in [0.1, 0.15) is 5.82 Å². The van der Waals surface area contributed by atoms with E-state index >= 15 is 0 Å². The molecule has 0 heterocycles. The van der Waals surface area contributed by atoms with Gasteiger partial charge in [0.15, 0.2) is 0 Å². The number of hydrogen-bond acceptors (Lipinski definition) is 1. The Kier molecular flexibility index (Phi) is 2.79. The summed E-state index contributed by atoms with van der Waals surface area (Å²) in [7, 11) is 0. The monoisotopic (exact) mass is 201 g/mol. The molecule has 76 valence electrons.